The molecular formula is C12H16BrClF2N2. The largest absolute Gasteiger partial charge is 0.327 e. The SMILES string of the molecule is Cl.NC1CCCN(Cc2c(F)ccc(Br)c2F)C1. The van der Waals surface area contributed by atoms with Crippen molar-refractivity contribution >= 4 is 28.3 Å². The Labute approximate surface area is 120 Å². The molecule has 1 aromatic carbocycles. The van der Waals surface area contributed by atoms with Crippen molar-refractivity contribution in [1.29, 1.82) is 0 Å². The molecule has 0 spiro atoms. The molecule has 0 bridgehead atoms. The van der Waals surface area contributed by atoms with Gasteiger partial charge in [-0.2, -0.15) is 0 Å². The Balaban J connectivity index is 0.00000162. The summed E-state index contributed by atoms with van der Waals surface area (Å²) < 4.78 is 27.6. The normalized spacial score (nSPS) is 20.6. The first kappa shape index (κ1) is 15.8. The molecule has 1 saturated heterocycles. The molecule has 102 valence electrons. The topological polar surface area (TPSA) is 29.3 Å². The number of halogens is 4. The van der Waals surface area contributed by atoms with Crippen molar-refractivity contribution in [3.63, 3.8) is 0 Å². The number of likely N-dealkylation sites (tertiary alicyclic amines) is 1. The van der Waals surface area contributed by atoms with E-state index in [1.807, 2.05) is 4.90 Å². The van der Waals surface area contributed by atoms with Crippen LogP contribution in [0.25, 0.3) is 0 Å². The third-order valence-electron chi connectivity index (χ3n) is 3.06. The summed E-state index contributed by atoms with van der Waals surface area (Å²) in [4.78, 5) is 2.00. The average Bonchev–Trinajstić information content (AvgIpc) is 2.30. The summed E-state index contributed by atoms with van der Waals surface area (Å²) in [6.07, 6.45) is 1.97. The Hall–Kier alpha value is -0.230. The molecule has 0 amide bonds. The van der Waals surface area contributed by atoms with E-state index in [2.05, 4.69) is 15.9 Å². The van der Waals surface area contributed by atoms with Crippen LogP contribution in [0.1, 0.15) is 18.4 Å². The van der Waals surface area contributed by atoms with Crippen LogP contribution in [-0.4, -0.2) is 24.0 Å². The summed E-state index contributed by atoms with van der Waals surface area (Å²) in [5.41, 5.74) is 5.97. The third-order valence-corrected chi connectivity index (χ3v) is 3.68. The lowest BCUT2D eigenvalue weighted by molar-refractivity contribution is 0.196. The molecular weight excluding hydrogens is 325 g/mol. The maximum absolute atomic E-state index is 13.8. The van der Waals surface area contributed by atoms with Crippen LogP contribution in [0.5, 0.6) is 0 Å². The molecule has 0 saturated carbocycles. The van der Waals surface area contributed by atoms with Crippen LogP contribution in [0.3, 0.4) is 0 Å². The van der Waals surface area contributed by atoms with Crippen molar-refractivity contribution < 1.29 is 8.78 Å². The lowest BCUT2D eigenvalue weighted by Gasteiger charge is -2.30. The van der Waals surface area contributed by atoms with Gasteiger partial charge < -0.3 is 5.73 Å². The highest BCUT2D eigenvalue weighted by molar-refractivity contribution is 9.10. The molecule has 2 rings (SSSR count). The molecule has 2 N–H and O–H groups in total. The highest BCUT2D eigenvalue weighted by Gasteiger charge is 2.20. The van der Waals surface area contributed by atoms with Crippen molar-refractivity contribution in [1.82, 2.24) is 4.90 Å². The maximum Gasteiger partial charge on any atom is 0.144 e. The molecule has 0 aromatic heterocycles. The Kier molecular flexibility index (Phi) is 5.98. The van der Waals surface area contributed by atoms with Gasteiger partial charge in [0.05, 0.1) is 4.47 Å². The van der Waals surface area contributed by atoms with Crippen LogP contribution in [0.2, 0.25) is 0 Å². The summed E-state index contributed by atoms with van der Waals surface area (Å²) in [5, 5.41) is 0. The number of piperidine rings is 1. The first-order chi connectivity index (χ1) is 8.08. The second-order valence-corrected chi connectivity index (χ2v) is 5.31. The number of benzene rings is 1. The minimum absolute atomic E-state index is 0. The van der Waals surface area contributed by atoms with E-state index in [4.69, 9.17) is 5.73 Å². The van der Waals surface area contributed by atoms with Crippen molar-refractivity contribution in [2.45, 2.75) is 25.4 Å². The van der Waals surface area contributed by atoms with Crippen LogP contribution in [-0.2, 0) is 6.54 Å². The van der Waals surface area contributed by atoms with Crippen molar-refractivity contribution in [3.05, 3.63) is 33.8 Å². The quantitative estimate of drug-likeness (QED) is 0.838. The van der Waals surface area contributed by atoms with E-state index in [-0.39, 0.29) is 30.6 Å². The number of hydrogen-bond acceptors (Lipinski definition) is 2. The summed E-state index contributed by atoms with van der Waals surface area (Å²) in [6.45, 7) is 1.83. The van der Waals surface area contributed by atoms with Crippen molar-refractivity contribution in [2.75, 3.05) is 13.1 Å². The molecule has 1 aliphatic rings. The van der Waals surface area contributed by atoms with Gasteiger partial charge in [-0.3, -0.25) is 4.90 Å². The van der Waals surface area contributed by atoms with Gasteiger partial charge >= 0.3 is 0 Å². The van der Waals surface area contributed by atoms with E-state index in [1.54, 1.807) is 0 Å². The second-order valence-electron chi connectivity index (χ2n) is 4.46. The molecule has 0 aliphatic carbocycles. The molecule has 0 radical (unpaired) electrons. The zero-order valence-corrected chi connectivity index (χ0v) is 12.2. The summed E-state index contributed by atoms with van der Waals surface area (Å²) in [6, 6.07) is 2.78. The van der Waals surface area contributed by atoms with Gasteiger partial charge in [-0.1, -0.05) is 0 Å². The molecule has 1 atom stereocenters. The van der Waals surface area contributed by atoms with E-state index in [0.29, 0.717) is 11.0 Å². The highest BCUT2D eigenvalue weighted by Crippen LogP contribution is 2.23. The van der Waals surface area contributed by atoms with E-state index in [1.165, 1.54) is 12.1 Å². The lowest BCUT2D eigenvalue weighted by Crippen LogP contribution is -2.42. The second kappa shape index (κ2) is 6.80. The average molecular weight is 342 g/mol. The molecule has 18 heavy (non-hydrogen) atoms. The number of hydrogen-bond donors (Lipinski definition) is 1. The fraction of sp³-hybridized carbons (Fsp3) is 0.500. The Morgan fingerprint density at radius 3 is 2.78 bits per heavy atom. The fourth-order valence-electron chi connectivity index (χ4n) is 2.17. The molecule has 1 fully saturated rings. The molecule has 6 heteroatoms. The fourth-order valence-corrected chi connectivity index (χ4v) is 2.54. The highest BCUT2D eigenvalue weighted by atomic mass is 79.9. The Morgan fingerprint density at radius 1 is 1.39 bits per heavy atom. The standard InChI is InChI=1S/C12H15BrF2N2.ClH/c13-10-3-4-11(14)9(12(10)15)7-17-5-1-2-8(16)6-17;/h3-4,8H,1-2,5-7,16H2;1H. The van der Waals surface area contributed by atoms with Crippen LogP contribution in [0.15, 0.2) is 16.6 Å². The lowest BCUT2D eigenvalue weighted by atomic mass is 10.1. The van der Waals surface area contributed by atoms with Gasteiger partial charge in [-0.15, -0.1) is 12.4 Å². The molecule has 1 heterocycles. The molecule has 1 aliphatic heterocycles. The van der Waals surface area contributed by atoms with Gasteiger partial charge in [0, 0.05) is 24.7 Å². The minimum atomic E-state index is -0.510. The van der Waals surface area contributed by atoms with E-state index in [9.17, 15) is 8.78 Å². The summed E-state index contributed by atoms with van der Waals surface area (Å²) in [5.74, 6) is -1.01. The van der Waals surface area contributed by atoms with E-state index >= 15 is 0 Å². The van der Waals surface area contributed by atoms with Crippen molar-refractivity contribution in [3.8, 4) is 0 Å². The first-order valence-electron chi connectivity index (χ1n) is 5.68. The molecule has 2 nitrogen and oxygen atoms in total. The van der Waals surface area contributed by atoms with Crippen LogP contribution < -0.4 is 5.73 Å². The summed E-state index contributed by atoms with van der Waals surface area (Å²) in [7, 11) is 0. The smallest absolute Gasteiger partial charge is 0.144 e. The third kappa shape index (κ3) is 3.63. The van der Waals surface area contributed by atoms with Gasteiger partial charge in [0.15, 0.2) is 0 Å². The van der Waals surface area contributed by atoms with Crippen LogP contribution in [0, 0.1) is 11.6 Å². The van der Waals surface area contributed by atoms with Crippen LogP contribution in [0.4, 0.5) is 8.78 Å². The van der Waals surface area contributed by atoms with Gasteiger partial charge in [0.1, 0.15) is 11.6 Å². The zero-order valence-electron chi connectivity index (χ0n) is 9.83. The first-order valence-corrected chi connectivity index (χ1v) is 6.47. The predicted octanol–water partition coefficient (Wildman–Crippen LogP) is 3.07. The molecule has 1 unspecified atom stereocenters. The number of nitrogens with two attached hydrogens (primary N) is 1. The minimum Gasteiger partial charge on any atom is -0.327 e. The van der Waals surface area contributed by atoms with E-state index in [0.717, 1.165) is 19.4 Å². The predicted molar refractivity (Wildman–Crippen MR) is 73.8 cm³/mol. The van der Waals surface area contributed by atoms with E-state index < -0.39 is 11.6 Å². The Bertz CT molecular complexity index is 417. The van der Waals surface area contributed by atoms with Crippen molar-refractivity contribution in [2.24, 2.45) is 5.73 Å². The van der Waals surface area contributed by atoms with Gasteiger partial charge in [0.2, 0.25) is 0 Å². The molecule has 1 aromatic rings. The Morgan fingerprint density at radius 2 is 2.11 bits per heavy atom. The maximum atomic E-state index is 13.8. The van der Waals surface area contributed by atoms with Gasteiger partial charge in [-0.25, -0.2) is 8.78 Å². The van der Waals surface area contributed by atoms with Crippen LogP contribution >= 0.6 is 28.3 Å². The van der Waals surface area contributed by atoms with Gasteiger partial charge in [-0.05, 0) is 47.4 Å². The monoisotopic (exact) mass is 340 g/mol. The number of nitrogens with zero attached hydrogens (tertiary/aromatic N) is 1. The zero-order chi connectivity index (χ0) is 12.4. The summed E-state index contributed by atoms with van der Waals surface area (Å²) >= 11 is 3.07. The van der Waals surface area contributed by atoms with Gasteiger partial charge in [0.25, 0.3) is 0 Å². The number of rotatable bonds is 2.